The summed E-state index contributed by atoms with van der Waals surface area (Å²) in [6, 6.07) is 21.4. The molecule has 42 heavy (non-hydrogen) atoms. The minimum atomic E-state index is -0.659. The van der Waals surface area contributed by atoms with Gasteiger partial charge in [0, 0.05) is 13.5 Å². The van der Waals surface area contributed by atoms with Crippen LogP contribution in [-0.2, 0) is 20.7 Å². The van der Waals surface area contributed by atoms with Crippen LogP contribution in [0.25, 0.3) is 44.3 Å². The normalized spacial score (nSPS) is 9.48. The summed E-state index contributed by atoms with van der Waals surface area (Å²) in [5.41, 5.74) is 13.6. The van der Waals surface area contributed by atoms with Crippen molar-refractivity contribution in [3.05, 3.63) is 72.8 Å². The Morgan fingerprint density at radius 2 is 1.38 bits per heavy atom. The number of benzene rings is 3. The summed E-state index contributed by atoms with van der Waals surface area (Å²) < 4.78 is 4.14. The molecule has 11 heteroatoms. The van der Waals surface area contributed by atoms with Crippen LogP contribution in [0, 0.1) is 0 Å². The maximum Gasteiger partial charge on any atom is 0.407 e. The number of nitrogens with one attached hydrogen (secondary N) is 3. The molecule has 0 atom stereocenters. The molecule has 0 unspecified atom stereocenters. The molecule has 0 bridgehead atoms. The summed E-state index contributed by atoms with van der Waals surface area (Å²) in [6.07, 6.45) is 3.24. The number of aliphatic hydroxyl groups is 1. The van der Waals surface area contributed by atoms with Crippen molar-refractivity contribution in [2.75, 3.05) is 20.8 Å². The second kappa shape index (κ2) is 19.1. The lowest BCUT2D eigenvalue weighted by Gasteiger charge is -2.05. The maximum atomic E-state index is 10.2. The molecule has 3 aromatic carbocycles. The minimum Gasteiger partial charge on any atom is -0.453 e. The van der Waals surface area contributed by atoms with E-state index in [1.54, 1.807) is 6.33 Å². The molecule has 0 aliphatic heterocycles. The molecule has 11 nitrogen and oxygen atoms in total. The van der Waals surface area contributed by atoms with Crippen molar-refractivity contribution >= 4 is 40.9 Å². The number of fused-ring (bicyclic) bond motifs is 2. The number of nitrogens with zero attached hydrogens (tertiary/aromatic N) is 2. The molecule has 0 spiro atoms. The number of aliphatic hydroxyl groups excluding tert-OH is 1. The van der Waals surface area contributed by atoms with Gasteiger partial charge in [0.2, 0.25) is 5.91 Å². The Bertz CT molecular complexity index is 1510. The van der Waals surface area contributed by atoms with E-state index in [0.29, 0.717) is 0 Å². The predicted molar refractivity (Wildman–Crippen MR) is 167 cm³/mol. The van der Waals surface area contributed by atoms with E-state index in [0.717, 1.165) is 41.4 Å². The van der Waals surface area contributed by atoms with Crippen LogP contribution in [-0.4, -0.2) is 64.6 Å². The topological polar surface area (TPSA) is 176 Å². The first-order valence-electron chi connectivity index (χ1n) is 13.2. The Kier molecular flexibility index (Phi) is 15.9. The SMILES string of the molecule is C=O.CCC.CCc1nc2ccc(-c3ccc(-c4ccc5nc[nH]c5c4)cc3)cc2[nH]1.CO.COC(=O)NCC(N)=O. The summed E-state index contributed by atoms with van der Waals surface area (Å²) in [7, 11) is 2.20. The van der Waals surface area contributed by atoms with Gasteiger partial charge in [-0.05, 0) is 46.5 Å². The molecular formula is C31H40N6O5. The van der Waals surface area contributed by atoms with Gasteiger partial charge in [0.15, 0.2) is 0 Å². The summed E-state index contributed by atoms with van der Waals surface area (Å²) in [5.74, 6) is 0.432. The minimum absolute atomic E-state index is 0.188. The Balaban J connectivity index is 0.000000466. The van der Waals surface area contributed by atoms with E-state index in [1.165, 1.54) is 35.8 Å². The third-order valence-corrected chi connectivity index (χ3v) is 5.43. The number of nitrogens with two attached hydrogens (primary N) is 1. The summed E-state index contributed by atoms with van der Waals surface area (Å²) in [5, 5.41) is 9.10. The van der Waals surface area contributed by atoms with E-state index < -0.39 is 12.0 Å². The number of ether oxygens (including phenoxy) is 1. The number of primary amides is 1. The number of imidazole rings is 2. The van der Waals surface area contributed by atoms with Crippen molar-refractivity contribution in [3.63, 3.8) is 0 Å². The highest BCUT2D eigenvalue weighted by Crippen LogP contribution is 2.28. The lowest BCUT2D eigenvalue weighted by Crippen LogP contribution is -2.33. The zero-order chi connectivity index (χ0) is 31.5. The van der Waals surface area contributed by atoms with Gasteiger partial charge >= 0.3 is 6.09 Å². The molecule has 2 heterocycles. The van der Waals surface area contributed by atoms with Gasteiger partial charge in [0.1, 0.15) is 12.6 Å². The van der Waals surface area contributed by atoms with E-state index in [-0.39, 0.29) is 6.54 Å². The smallest absolute Gasteiger partial charge is 0.407 e. The Morgan fingerprint density at radius 1 is 0.881 bits per heavy atom. The first-order chi connectivity index (χ1) is 20.4. The number of rotatable bonds is 5. The Labute approximate surface area is 245 Å². The van der Waals surface area contributed by atoms with Crippen LogP contribution < -0.4 is 11.1 Å². The lowest BCUT2D eigenvalue weighted by molar-refractivity contribution is -0.117. The molecule has 0 fully saturated rings. The molecule has 224 valence electrons. The Morgan fingerprint density at radius 3 is 1.88 bits per heavy atom. The van der Waals surface area contributed by atoms with Crippen LogP contribution in [0.3, 0.4) is 0 Å². The number of hydrogen-bond acceptors (Lipinski definition) is 7. The third-order valence-electron chi connectivity index (χ3n) is 5.43. The van der Waals surface area contributed by atoms with E-state index >= 15 is 0 Å². The highest BCUT2D eigenvalue weighted by molar-refractivity contribution is 5.84. The first kappa shape index (κ1) is 35.0. The van der Waals surface area contributed by atoms with E-state index in [4.69, 9.17) is 9.90 Å². The van der Waals surface area contributed by atoms with Gasteiger partial charge in [-0.25, -0.2) is 14.8 Å². The number of H-pyrrole nitrogens is 2. The molecule has 0 saturated heterocycles. The fourth-order valence-corrected chi connectivity index (χ4v) is 3.61. The number of hydrogen-bond donors (Lipinski definition) is 5. The molecule has 5 aromatic rings. The van der Waals surface area contributed by atoms with E-state index in [1.807, 2.05) is 12.9 Å². The van der Waals surface area contributed by atoms with Crippen molar-refractivity contribution in [3.8, 4) is 22.3 Å². The number of aromatic nitrogens is 4. The van der Waals surface area contributed by atoms with Gasteiger partial charge in [-0.1, -0.05) is 63.6 Å². The molecule has 6 N–H and O–H groups in total. The molecule has 2 aromatic heterocycles. The van der Waals surface area contributed by atoms with Crippen LogP contribution in [0.4, 0.5) is 4.79 Å². The largest absolute Gasteiger partial charge is 0.453 e. The van der Waals surface area contributed by atoms with Crippen molar-refractivity contribution in [1.82, 2.24) is 25.3 Å². The van der Waals surface area contributed by atoms with Crippen LogP contribution in [0.15, 0.2) is 67.0 Å². The molecule has 5 rings (SSSR count). The molecule has 0 saturated carbocycles. The summed E-state index contributed by atoms with van der Waals surface area (Å²) in [6.45, 7) is 8.17. The quantitative estimate of drug-likeness (QED) is 0.195. The van der Waals surface area contributed by atoms with E-state index in [2.05, 4.69) is 111 Å². The van der Waals surface area contributed by atoms with Gasteiger partial charge < -0.3 is 35.7 Å². The molecule has 0 aliphatic rings. The fourth-order valence-electron chi connectivity index (χ4n) is 3.61. The number of carbonyl (C=O) groups excluding carboxylic acids is 3. The van der Waals surface area contributed by atoms with Crippen molar-refractivity contribution in [1.29, 1.82) is 0 Å². The summed E-state index contributed by atoms with van der Waals surface area (Å²) in [4.78, 5) is 43.6. The molecule has 2 amide bonds. The van der Waals surface area contributed by atoms with Crippen molar-refractivity contribution < 1.29 is 24.2 Å². The van der Waals surface area contributed by atoms with Gasteiger partial charge in [-0.2, -0.15) is 0 Å². The number of methoxy groups -OCH3 is 1. The van der Waals surface area contributed by atoms with Gasteiger partial charge in [-0.15, -0.1) is 0 Å². The Hall–Kier alpha value is -5.03. The average Bonchev–Trinajstić information content (AvgIpc) is 3.68. The number of carbonyl (C=O) groups is 3. The van der Waals surface area contributed by atoms with Crippen molar-refractivity contribution in [2.24, 2.45) is 5.73 Å². The maximum absolute atomic E-state index is 10.2. The number of aromatic amines is 2. The van der Waals surface area contributed by atoms with Crippen LogP contribution in [0.5, 0.6) is 0 Å². The number of amides is 2. The summed E-state index contributed by atoms with van der Waals surface area (Å²) >= 11 is 0. The third kappa shape index (κ3) is 10.5. The van der Waals surface area contributed by atoms with Crippen LogP contribution >= 0.6 is 0 Å². The molecule has 0 radical (unpaired) electrons. The number of alkyl carbamates (subject to hydrolysis) is 1. The van der Waals surface area contributed by atoms with Gasteiger partial charge in [0.05, 0.1) is 42.0 Å². The van der Waals surface area contributed by atoms with Crippen LogP contribution in [0.2, 0.25) is 0 Å². The lowest BCUT2D eigenvalue weighted by atomic mass is 10.00. The second-order valence-electron chi connectivity index (χ2n) is 8.50. The zero-order valence-corrected chi connectivity index (χ0v) is 24.7. The zero-order valence-electron chi connectivity index (χ0n) is 24.7. The van der Waals surface area contributed by atoms with Gasteiger partial charge in [0.25, 0.3) is 0 Å². The predicted octanol–water partition coefficient (Wildman–Crippen LogP) is 5.00. The fraction of sp³-hybridized carbons (Fsp3) is 0.258. The molecular weight excluding hydrogens is 536 g/mol. The molecule has 0 aliphatic carbocycles. The standard InChI is InChI=1S/C22H18N4.C4H8N2O3.C3H8.CH4O.CH2O/c1-2-22-25-19-10-8-17(12-21(19)26-22)15-5-3-14(4-6-15)16-7-9-18-20(11-16)24-13-23-18;1-9-4(8)6-2-3(5)7;1-3-2;2*1-2/h3-13H,2H2,1H3,(H,23,24)(H,25,26);2H2,1H3,(H2,5,7)(H,6,8);3H2,1-2H3;2H,1H3;1H2. The average molecular weight is 577 g/mol. The second-order valence-corrected chi connectivity index (χ2v) is 8.50. The van der Waals surface area contributed by atoms with E-state index in [9.17, 15) is 9.59 Å². The van der Waals surface area contributed by atoms with Crippen LogP contribution in [0.1, 0.15) is 33.0 Å². The monoisotopic (exact) mass is 576 g/mol. The highest BCUT2D eigenvalue weighted by Gasteiger charge is 2.06. The highest BCUT2D eigenvalue weighted by atomic mass is 16.5. The number of aryl methyl sites for hydroxylation is 1. The van der Waals surface area contributed by atoms with Gasteiger partial charge in [-0.3, -0.25) is 4.79 Å². The first-order valence-corrected chi connectivity index (χ1v) is 13.2. The van der Waals surface area contributed by atoms with Crippen molar-refractivity contribution in [2.45, 2.75) is 33.6 Å².